The van der Waals surface area contributed by atoms with E-state index in [1.54, 1.807) is 30.3 Å². The lowest BCUT2D eigenvalue weighted by atomic mass is 10.2. The van der Waals surface area contributed by atoms with Crippen LogP contribution in [0.5, 0.6) is 0 Å². The molecule has 2 rings (SSSR count). The van der Waals surface area contributed by atoms with Crippen LogP contribution >= 0.6 is 0 Å². The van der Waals surface area contributed by atoms with Gasteiger partial charge in [-0.05, 0) is 12.1 Å². The van der Waals surface area contributed by atoms with Crippen molar-refractivity contribution in [3.63, 3.8) is 0 Å². The summed E-state index contributed by atoms with van der Waals surface area (Å²) in [5, 5.41) is 13.0. The molecule has 0 atom stereocenters. The summed E-state index contributed by atoms with van der Waals surface area (Å²) in [7, 11) is 1.59. The average Bonchev–Trinajstić information content (AvgIpc) is 2.94. The number of rotatable bonds is 5. The molecule has 0 spiro atoms. The minimum absolute atomic E-state index is 0.0392. The molecular formula is C11H13N3O3. The first-order valence-corrected chi connectivity index (χ1v) is 5.15. The summed E-state index contributed by atoms with van der Waals surface area (Å²) < 4.78 is 6.61. The van der Waals surface area contributed by atoms with Gasteiger partial charge in [-0.25, -0.2) is 4.79 Å². The number of methoxy groups -OCH3 is 1. The first kappa shape index (κ1) is 11.4. The number of aromatic amines is 1. The molecule has 6 heteroatoms. The first-order valence-electron chi connectivity index (χ1n) is 5.15. The summed E-state index contributed by atoms with van der Waals surface area (Å²) in [5.41, 5.74) is 1.71. The van der Waals surface area contributed by atoms with E-state index in [1.807, 2.05) is 6.07 Å². The van der Waals surface area contributed by atoms with Gasteiger partial charge >= 0.3 is 5.97 Å². The molecule has 6 nitrogen and oxygen atoms in total. The molecule has 0 aromatic carbocycles. The fourth-order valence-electron chi connectivity index (χ4n) is 1.59. The van der Waals surface area contributed by atoms with Gasteiger partial charge in [-0.3, -0.25) is 4.68 Å². The van der Waals surface area contributed by atoms with Crippen LogP contribution < -0.4 is 0 Å². The molecule has 0 amide bonds. The van der Waals surface area contributed by atoms with E-state index < -0.39 is 5.97 Å². The van der Waals surface area contributed by atoms with Gasteiger partial charge in [-0.1, -0.05) is 0 Å². The summed E-state index contributed by atoms with van der Waals surface area (Å²) >= 11 is 0. The summed E-state index contributed by atoms with van der Waals surface area (Å²) in [6.45, 7) is 1.00. The molecule has 2 aromatic heterocycles. The number of carboxylic acid groups (broad SMARTS) is 1. The number of carbonyl (C=O) groups is 1. The van der Waals surface area contributed by atoms with Crippen molar-refractivity contribution >= 4 is 5.97 Å². The van der Waals surface area contributed by atoms with Gasteiger partial charge < -0.3 is 14.8 Å². The van der Waals surface area contributed by atoms with Crippen molar-refractivity contribution in [2.24, 2.45) is 0 Å². The highest BCUT2D eigenvalue weighted by Crippen LogP contribution is 2.20. The topological polar surface area (TPSA) is 80.1 Å². The fourth-order valence-corrected chi connectivity index (χ4v) is 1.59. The summed E-state index contributed by atoms with van der Waals surface area (Å²) in [4.78, 5) is 13.8. The zero-order chi connectivity index (χ0) is 12.3. The molecule has 0 bridgehead atoms. The van der Waals surface area contributed by atoms with Crippen LogP contribution in [0.1, 0.15) is 10.5 Å². The Labute approximate surface area is 97.8 Å². The molecule has 2 aromatic rings. The summed E-state index contributed by atoms with van der Waals surface area (Å²) in [6.07, 6.45) is 3.58. The molecule has 2 heterocycles. The van der Waals surface area contributed by atoms with Crippen LogP contribution in [0.15, 0.2) is 24.5 Å². The summed E-state index contributed by atoms with van der Waals surface area (Å²) in [6, 6.07) is 3.42. The van der Waals surface area contributed by atoms with Crippen LogP contribution in [0.4, 0.5) is 0 Å². The molecule has 0 aliphatic carbocycles. The first-order chi connectivity index (χ1) is 8.22. The van der Waals surface area contributed by atoms with Gasteiger partial charge in [0, 0.05) is 25.1 Å². The highest BCUT2D eigenvalue weighted by molar-refractivity contribution is 5.86. The Hall–Kier alpha value is -2.08. The van der Waals surface area contributed by atoms with Crippen molar-refractivity contribution in [1.29, 1.82) is 0 Å². The fraction of sp³-hybridized carbons (Fsp3) is 0.273. The minimum atomic E-state index is -1.03. The van der Waals surface area contributed by atoms with E-state index in [1.165, 1.54) is 0 Å². The van der Waals surface area contributed by atoms with Gasteiger partial charge in [0.25, 0.3) is 0 Å². The number of nitrogens with zero attached hydrogens (tertiary/aromatic N) is 2. The Morgan fingerprint density at radius 2 is 2.47 bits per heavy atom. The molecule has 2 N–H and O–H groups in total. The average molecular weight is 235 g/mol. The van der Waals surface area contributed by atoms with Crippen LogP contribution in [-0.2, 0) is 11.3 Å². The monoisotopic (exact) mass is 235 g/mol. The van der Waals surface area contributed by atoms with Crippen LogP contribution in [0.2, 0.25) is 0 Å². The van der Waals surface area contributed by atoms with Gasteiger partial charge in [-0.2, -0.15) is 5.10 Å². The Morgan fingerprint density at radius 3 is 3.06 bits per heavy atom. The third-order valence-electron chi connectivity index (χ3n) is 2.40. The maximum atomic E-state index is 10.9. The van der Waals surface area contributed by atoms with Crippen LogP contribution in [0, 0.1) is 0 Å². The molecule has 0 fully saturated rings. The van der Waals surface area contributed by atoms with E-state index in [4.69, 9.17) is 9.84 Å². The van der Waals surface area contributed by atoms with E-state index >= 15 is 0 Å². The van der Waals surface area contributed by atoms with Crippen LogP contribution in [-0.4, -0.2) is 39.6 Å². The predicted molar refractivity (Wildman–Crippen MR) is 60.8 cm³/mol. The van der Waals surface area contributed by atoms with Gasteiger partial charge in [0.05, 0.1) is 18.8 Å². The number of hydrogen-bond acceptors (Lipinski definition) is 3. The molecular weight excluding hydrogens is 222 g/mol. The lowest BCUT2D eigenvalue weighted by molar-refractivity contribution is 0.0689. The van der Waals surface area contributed by atoms with Crippen molar-refractivity contribution in [3.8, 4) is 11.3 Å². The zero-order valence-electron chi connectivity index (χ0n) is 9.38. The lowest BCUT2D eigenvalue weighted by Crippen LogP contribution is -2.08. The Morgan fingerprint density at radius 1 is 1.65 bits per heavy atom. The maximum absolute atomic E-state index is 10.9. The van der Waals surface area contributed by atoms with Crippen LogP contribution in [0.25, 0.3) is 11.3 Å². The third-order valence-corrected chi connectivity index (χ3v) is 2.40. The van der Waals surface area contributed by atoms with E-state index in [9.17, 15) is 4.79 Å². The molecule has 0 saturated carbocycles. The van der Waals surface area contributed by atoms with Gasteiger partial charge in [0.1, 0.15) is 0 Å². The number of hydrogen-bond donors (Lipinski definition) is 2. The SMILES string of the molecule is COCCn1nc(C(=O)O)cc1-c1cc[nH]c1. The van der Waals surface area contributed by atoms with E-state index in [0.29, 0.717) is 13.2 Å². The Balaban J connectivity index is 2.37. The second-order valence-electron chi connectivity index (χ2n) is 3.54. The highest BCUT2D eigenvalue weighted by atomic mass is 16.5. The Bertz CT molecular complexity index is 502. The number of aromatic nitrogens is 3. The largest absolute Gasteiger partial charge is 0.476 e. The molecule has 0 saturated heterocycles. The predicted octanol–water partition coefficient (Wildman–Crippen LogP) is 1.22. The number of aromatic carboxylic acids is 1. The van der Waals surface area contributed by atoms with Crippen molar-refractivity contribution < 1.29 is 14.6 Å². The molecule has 0 radical (unpaired) electrons. The normalized spacial score (nSPS) is 10.6. The van der Waals surface area contributed by atoms with Crippen molar-refractivity contribution in [2.75, 3.05) is 13.7 Å². The molecule has 90 valence electrons. The summed E-state index contributed by atoms with van der Waals surface area (Å²) in [5.74, 6) is -1.03. The smallest absolute Gasteiger partial charge is 0.356 e. The third kappa shape index (κ3) is 2.36. The maximum Gasteiger partial charge on any atom is 0.356 e. The standard InChI is InChI=1S/C11H13N3O3/c1-17-5-4-14-10(8-2-3-12-7-8)6-9(13-14)11(15)16/h2-3,6-7,12H,4-5H2,1H3,(H,15,16). The molecule has 17 heavy (non-hydrogen) atoms. The Kier molecular flexibility index (Phi) is 3.24. The number of carboxylic acids is 1. The van der Waals surface area contributed by atoms with Gasteiger partial charge in [0.15, 0.2) is 5.69 Å². The minimum Gasteiger partial charge on any atom is -0.476 e. The number of nitrogens with one attached hydrogen (secondary N) is 1. The molecule has 0 aliphatic heterocycles. The van der Waals surface area contributed by atoms with E-state index in [2.05, 4.69) is 10.1 Å². The quantitative estimate of drug-likeness (QED) is 0.816. The van der Waals surface area contributed by atoms with Crippen molar-refractivity contribution in [2.45, 2.75) is 6.54 Å². The van der Waals surface area contributed by atoms with Gasteiger partial charge in [0.2, 0.25) is 0 Å². The number of H-pyrrole nitrogens is 1. The van der Waals surface area contributed by atoms with E-state index in [-0.39, 0.29) is 5.69 Å². The van der Waals surface area contributed by atoms with Crippen molar-refractivity contribution in [3.05, 3.63) is 30.2 Å². The highest BCUT2D eigenvalue weighted by Gasteiger charge is 2.14. The second-order valence-corrected chi connectivity index (χ2v) is 3.54. The zero-order valence-corrected chi connectivity index (χ0v) is 9.38. The second kappa shape index (κ2) is 4.84. The van der Waals surface area contributed by atoms with Crippen LogP contribution in [0.3, 0.4) is 0 Å². The molecule has 0 unspecified atom stereocenters. The lowest BCUT2D eigenvalue weighted by Gasteiger charge is -2.04. The number of ether oxygens (including phenoxy) is 1. The van der Waals surface area contributed by atoms with E-state index in [0.717, 1.165) is 11.3 Å². The molecule has 0 aliphatic rings. The van der Waals surface area contributed by atoms with Crippen molar-refractivity contribution in [1.82, 2.24) is 14.8 Å². The van der Waals surface area contributed by atoms with Gasteiger partial charge in [-0.15, -0.1) is 0 Å².